The van der Waals surface area contributed by atoms with Crippen LogP contribution in [-0.2, 0) is 0 Å². The molecule has 1 aliphatic rings. The van der Waals surface area contributed by atoms with Crippen LogP contribution in [0, 0.1) is 5.82 Å². The van der Waals surface area contributed by atoms with Crippen LogP contribution in [0.15, 0.2) is 70.2 Å². The van der Waals surface area contributed by atoms with Crippen molar-refractivity contribution in [3.8, 4) is 28.5 Å². The molecule has 3 heterocycles. The molecule has 4 aromatic rings. The Hall–Kier alpha value is -3.39. The van der Waals surface area contributed by atoms with Gasteiger partial charge in [0.1, 0.15) is 11.6 Å². The molecule has 0 radical (unpaired) electrons. The molecule has 1 N–H and O–H groups in total. The Morgan fingerprint density at radius 3 is 2.68 bits per heavy atom. The van der Waals surface area contributed by atoms with Gasteiger partial charge in [-0.15, -0.1) is 10.2 Å². The highest BCUT2D eigenvalue weighted by Crippen LogP contribution is 2.40. The molecule has 5 rings (SSSR count). The molecule has 1 aliphatic heterocycles. The lowest BCUT2D eigenvalue weighted by Gasteiger charge is -2.16. The summed E-state index contributed by atoms with van der Waals surface area (Å²) in [5.74, 6) is 2.27. The van der Waals surface area contributed by atoms with Crippen LogP contribution in [-0.4, -0.2) is 20.9 Å². The van der Waals surface area contributed by atoms with Gasteiger partial charge in [-0.25, -0.2) is 4.39 Å². The average molecular weight is 477 g/mol. The van der Waals surface area contributed by atoms with E-state index >= 15 is 0 Å². The molecule has 2 aromatic carbocycles. The maximum Gasteiger partial charge on any atom is 0.247 e. The predicted molar refractivity (Wildman–Crippen MR) is 131 cm³/mol. The number of anilines is 1. The van der Waals surface area contributed by atoms with E-state index in [9.17, 15) is 4.39 Å². The summed E-state index contributed by atoms with van der Waals surface area (Å²) in [5.41, 5.74) is 3.09. The minimum atomic E-state index is -0.615. The number of nitrogens with one attached hydrogen (secondary N) is 1. The molecule has 8 heteroatoms. The predicted octanol–water partition coefficient (Wildman–Crippen LogP) is 7.11. The highest BCUT2D eigenvalue weighted by molar-refractivity contribution is 7.99. The van der Waals surface area contributed by atoms with Gasteiger partial charge in [0, 0.05) is 22.6 Å². The van der Waals surface area contributed by atoms with Crippen LogP contribution in [0.3, 0.4) is 0 Å². The van der Waals surface area contributed by atoms with Crippen molar-refractivity contribution >= 4 is 17.4 Å². The number of furan rings is 1. The third-order valence-corrected chi connectivity index (χ3v) is 6.50. The van der Waals surface area contributed by atoms with Gasteiger partial charge >= 0.3 is 0 Å². The summed E-state index contributed by atoms with van der Waals surface area (Å²) >= 11 is 1.59. The average Bonchev–Trinajstić information content (AvgIpc) is 3.29. The largest absolute Gasteiger partial charge is 0.455 e. The molecule has 1 unspecified atom stereocenters. The Labute approximate surface area is 202 Å². The van der Waals surface area contributed by atoms with E-state index < -0.39 is 6.23 Å². The summed E-state index contributed by atoms with van der Waals surface area (Å²) in [7, 11) is 0. The number of thioether (sulfide) groups is 1. The summed E-state index contributed by atoms with van der Waals surface area (Å²) in [4.78, 5) is 4.68. The Morgan fingerprint density at radius 2 is 1.82 bits per heavy atom. The molecule has 174 valence electrons. The molecule has 34 heavy (non-hydrogen) atoms. The number of nitrogens with zero attached hydrogens (tertiary/aromatic N) is 3. The Kier molecular flexibility index (Phi) is 6.76. The van der Waals surface area contributed by atoms with E-state index in [-0.39, 0.29) is 5.82 Å². The van der Waals surface area contributed by atoms with Crippen LogP contribution in [0.2, 0.25) is 0 Å². The van der Waals surface area contributed by atoms with Crippen LogP contribution in [0.4, 0.5) is 10.1 Å². The monoisotopic (exact) mass is 476 g/mol. The highest BCUT2D eigenvalue weighted by atomic mass is 32.2. The normalized spacial score (nSPS) is 14.5. The number of halogens is 1. The molecule has 0 spiro atoms. The maximum atomic E-state index is 13.3. The molecule has 0 aliphatic carbocycles. The van der Waals surface area contributed by atoms with Crippen molar-refractivity contribution in [3.63, 3.8) is 0 Å². The zero-order valence-electron chi connectivity index (χ0n) is 18.8. The van der Waals surface area contributed by atoms with Gasteiger partial charge in [-0.1, -0.05) is 56.1 Å². The van der Waals surface area contributed by atoms with Gasteiger partial charge in [0.2, 0.25) is 17.3 Å². The molecule has 0 saturated carbocycles. The summed E-state index contributed by atoms with van der Waals surface area (Å²) in [6.45, 7) is 2.20. The standard InChI is InChI=1S/C26H25FN4O2S/c1-2-3-4-7-16-34-26-29-25-23(30-31-26)19-8-5-6-9-20(19)28-24(33-25)22-15-14-21(32-22)17-10-12-18(27)13-11-17/h5-6,8-15,24,28H,2-4,7,16H2,1H3. The number of ether oxygens (including phenoxy) is 1. The molecule has 0 bridgehead atoms. The van der Waals surface area contributed by atoms with Gasteiger partial charge in [0.05, 0.1) is 0 Å². The Morgan fingerprint density at radius 1 is 0.971 bits per heavy atom. The zero-order valence-corrected chi connectivity index (χ0v) is 19.6. The van der Waals surface area contributed by atoms with Crippen LogP contribution < -0.4 is 10.1 Å². The van der Waals surface area contributed by atoms with E-state index in [1.165, 1.54) is 31.4 Å². The fraction of sp³-hybridized carbons (Fsp3) is 0.269. The van der Waals surface area contributed by atoms with E-state index in [1.54, 1.807) is 23.9 Å². The van der Waals surface area contributed by atoms with E-state index in [2.05, 4.69) is 27.4 Å². The topological polar surface area (TPSA) is 73.1 Å². The van der Waals surface area contributed by atoms with E-state index in [0.717, 1.165) is 29.0 Å². The summed E-state index contributed by atoms with van der Waals surface area (Å²) in [5, 5.41) is 12.8. The van der Waals surface area contributed by atoms with Crippen molar-refractivity contribution in [1.82, 2.24) is 15.2 Å². The number of benzene rings is 2. The van der Waals surface area contributed by atoms with Gasteiger partial charge in [-0.05, 0) is 48.9 Å². The molecule has 2 aromatic heterocycles. The number of fused-ring (bicyclic) bond motifs is 3. The summed E-state index contributed by atoms with van der Waals surface area (Å²) < 4.78 is 25.7. The van der Waals surface area contributed by atoms with Crippen molar-refractivity contribution in [2.45, 2.75) is 44.0 Å². The van der Waals surface area contributed by atoms with Crippen molar-refractivity contribution in [3.05, 3.63) is 72.2 Å². The third-order valence-electron chi connectivity index (χ3n) is 5.58. The Bertz CT molecular complexity index is 1260. The van der Waals surface area contributed by atoms with Gasteiger partial charge in [-0.2, -0.15) is 4.98 Å². The van der Waals surface area contributed by atoms with Crippen LogP contribution in [0.25, 0.3) is 22.6 Å². The number of aromatic nitrogens is 3. The summed E-state index contributed by atoms with van der Waals surface area (Å²) in [6.07, 6.45) is 4.15. The second-order valence-electron chi connectivity index (χ2n) is 8.05. The van der Waals surface area contributed by atoms with Gasteiger partial charge in [-0.3, -0.25) is 0 Å². The smallest absolute Gasteiger partial charge is 0.247 e. The van der Waals surface area contributed by atoms with Crippen LogP contribution >= 0.6 is 11.8 Å². The van der Waals surface area contributed by atoms with E-state index in [1.807, 2.05) is 36.4 Å². The number of para-hydroxylation sites is 1. The van der Waals surface area contributed by atoms with E-state index in [4.69, 9.17) is 9.15 Å². The third kappa shape index (κ3) is 4.92. The molecule has 6 nitrogen and oxygen atoms in total. The fourth-order valence-electron chi connectivity index (χ4n) is 3.79. The second kappa shape index (κ2) is 10.3. The first-order valence-electron chi connectivity index (χ1n) is 11.5. The Balaban J connectivity index is 1.42. The first kappa shape index (κ1) is 22.4. The SMILES string of the molecule is CCCCCCSc1nnc2c(n1)OC(c1ccc(-c3ccc(F)cc3)o1)Nc1ccccc1-2. The second-order valence-corrected chi connectivity index (χ2v) is 9.12. The van der Waals surface area contributed by atoms with Gasteiger partial charge < -0.3 is 14.5 Å². The molecular formula is C26H25FN4O2S. The van der Waals surface area contributed by atoms with Crippen LogP contribution in [0.5, 0.6) is 5.88 Å². The van der Waals surface area contributed by atoms with E-state index in [0.29, 0.717) is 28.3 Å². The highest BCUT2D eigenvalue weighted by Gasteiger charge is 2.28. The zero-order chi connectivity index (χ0) is 23.3. The minimum Gasteiger partial charge on any atom is -0.455 e. The minimum absolute atomic E-state index is 0.288. The van der Waals surface area contributed by atoms with Crippen molar-refractivity contribution in [2.24, 2.45) is 0 Å². The number of unbranched alkanes of at least 4 members (excludes halogenated alkanes) is 3. The van der Waals surface area contributed by atoms with Crippen molar-refractivity contribution < 1.29 is 13.5 Å². The molecule has 0 saturated heterocycles. The molecular weight excluding hydrogens is 451 g/mol. The lowest BCUT2D eigenvalue weighted by Crippen LogP contribution is -2.16. The van der Waals surface area contributed by atoms with Gasteiger partial charge in [0.25, 0.3) is 0 Å². The van der Waals surface area contributed by atoms with Gasteiger partial charge in [0.15, 0.2) is 11.5 Å². The maximum absolute atomic E-state index is 13.3. The molecule has 0 fully saturated rings. The lowest BCUT2D eigenvalue weighted by molar-refractivity contribution is 0.196. The number of rotatable bonds is 8. The molecule has 1 atom stereocenters. The lowest BCUT2D eigenvalue weighted by atomic mass is 10.1. The molecule has 0 amide bonds. The first-order valence-corrected chi connectivity index (χ1v) is 12.5. The first-order chi connectivity index (χ1) is 16.7. The van der Waals surface area contributed by atoms with Crippen LogP contribution in [0.1, 0.15) is 44.6 Å². The van der Waals surface area contributed by atoms with Crippen molar-refractivity contribution in [1.29, 1.82) is 0 Å². The number of hydrogen-bond acceptors (Lipinski definition) is 7. The quantitative estimate of drug-likeness (QED) is 0.214. The van der Waals surface area contributed by atoms with Crippen molar-refractivity contribution in [2.75, 3.05) is 11.1 Å². The number of hydrogen-bond donors (Lipinski definition) is 1. The fourth-order valence-corrected chi connectivity index (χ4v) is 4.57. The summed E-state index contributed by atoms with van der Waals surface area (Å²) in [6, 6.07) is 17.7.